The summed E-state index contributed by atoms with van der Waals surface area (Å²) in [4.78, 5) is 26.7. The molecule has 0 fully saturated rings. The highest BCUT2D eigenvalue weighted by atomic mass is 32.1. The zero-order valence-electron chi connectivity index (χ0n) is 13.6. The first kappa shape index (κ1) is 17.5. The zero-order chi connectivity index (χ0) is 18.4. The summed E-state index contributed by atoms with van der Waals surface area (Å²) in [5, 5.41) is 13.6. The van der Waals surface area contributed by atoms with Crippen LogP contribution in [0.1, 0.15) is 11.3 Å². The summed E-state index contributed by atoms with van der Waals surface area (Å²) >= 11 is 1.47. The fourth-order valence-corrected chi connectivity index (χ4v) is 3.04. The molecule has 2 aromatic carbocycles. The van der Waals surface area contributed by atoms with Gasteiger partial charge in [0.2, 0.25) is 0 Å². The minimum atomic E-state index is -0.586. The van der Waals surface area contributed by atoms with Gasteiger partial charge in [0.05, 0.1) is 16.2 Å². The lowest BCUT2D eigenvalue weighted by Gasteiger charge is -1.99. The van der Waals surface area contributed by atoms with Gasteiger partial charge >= 0.3 is 5.97 Å². The van der Waals surface area contributed by atoms with E-state index < -0.39 is 10.9 Å². The van der Waals surface area contributed by atoms with Crippen molar-refractivity contribution in [1.82, 2.24) is 4.98 Å². The fourth-order valence-electron chi connectivity index (χ4n) is 2.23. The van der Waals surface area contributed by atoms with E-state index in [1.807, 2.05) is 35.7 Å². The van der Waals surface area contributed by atoms with E-state index in [1.54, 1.807) is 18.2 Å². The second kappa shape index (κ2) is 8.17. The van der Waals surface area contributed by atoms with Crippen molar-refractivity contribution >= 4 is 29.1 Å². The lowest BCUT2D eigenvalue weighted by Crippen LogP contribution is -2.01. The third-order valence-electron chi connectivity index (χ3n) is 3.47. The second-order valence-corrected chi connectivity index (χ2v) is 6.13. The molecule has 0 N–H and O–H groups in total. The lowest BCUT2D eigenvalue weighted by molar-refractivity contribution is -0.385. The Morgan fingerprint density at radius 1 is 1.15 bits per heavy atom. The molecule has 0 aliphatic carbocycles. The summed E-state index contributed by atoms with van der Waals surface area (Å²) in [6, 6.07) is 15.9. The van der Waals surface area contributed by atoms with Crippen molar-refractivity contribution in [2.75, 3.05) is 0 Å². The van der Waals surface area contributed by atoms with Crippen molar-refractivity contribution in [1.29, 1.82) is 0 Å². The highest BCUT2D eigenvalue weighted by Crippen LogP contribution is 2.23. The smallest absolute Gasteiger partial charge is 0.331 e. The van der Waals surface area contributed by atoms with Gasteiger partial charge in [-0.1, -0.05) is 42.5 Å². The molecule has 3 rings (SSSR count). The van der Waals surface area contributed by atoms with Crippen molar-refractivity contribution in [2.45, 2.75) is 6.61 Å². The van der Waals surface area contributed by atoms with E-state index in [1.165, 1.54) is 29.6 Å². The predicted octanol–water partition coefficient (Wildman–Crippen LogP) is 4.47. The quantitative estimate of drug-likeness (QED) is 0.278. The van der Waals surface area contributed by atoms with Gasteiger partial charge in [-0.3, -0.25) is 10.1 Å². The average Bonchev–Trinajstić information content (AvgIpc) is 3.14. The van der Waals surface area contributed by atoms with Crippen LogP contribution in [0.4, 0.5) is 5.69 Å². The molecule has 6 nitrogen and oxygen atoms in total. The number of carbonyl (C=O) groups is 1. The van der Waals surface area contributed by atoms with Crippen LogP contribution in [0.2, 0.25) is 0 Å². The topological polar surface area (TPSA) is 82.3 Å². The lowest BCUT2D eigenvalue weighted by atomic mass is 10.1. The first-order chi connectivity index (χ1) is 12.6. The predicted molar refractivity (Wildman–Crippen MR) is 99.5 cm³/mol. The van der Waals surface area contributed by atoms with Gasteiger partial charge in [0.1, 0.15) is 11.6 Å². The van der Waals surface area contributed by atoms with E-state index >= 15 is 0 Å². The van der Waals surface area contributed by atoms with Gasteiger partial charge in [0.25, 0.3) is 5.69 Å². The average molecular weight is 366 g/mol. The zero-order valence-corrected chi connectivity index (χ0v) is 14.4. The minimum absolute atomic E-state index is 0.0450. The third-order valence-corrected chi connectivity index (χ3v) is 4.41. The molecule has 130 valence electrons. The fraction of sp³-hybridized carbons (Fsp3) is 0.0526. The largest absolute Gasteiger partial charge is 0.456 e. The highest BCUT2D eigenvalue weighted by molar-refractivity contribution is 7.13. The van der Waals surface area contributed by atoms with Gasteiger partial charge in [-0.05, 0) is 12.1 Å². The maximum Gasteiger partial charge on any atom is 0.331 e. The number of ether oxygens (including phenoxy) is 1. The molecule has 3 aromatic rings. The maximum atomic E-state index is 11.8. The molecule has 0 amide bonds. The standard InChI is InChI=1S/C19H14N2O4S/c22-18(11-10-14-6-4-5-9-17(14)21(23)24)25-12-16-13-26-19(20-16)15-7-2-1-3-8-15/h1-11,13H,12H2. The Labute approximate surface area is 153 Å². The highest BCUT2D eigenvalue weighted by Gasteiger charge is 2.10. The van der Waals surface area contributed by atoms with Crippen LogP contribution >= 0.6 is 11.3 Å². The Morgan fingerprint density at radius 2 is 1.88 bits per heavy atom. The molecule has 1 aromatic heterocycles. The molecule has 0 unspecified atom stereocenters. The van der Waals surface area contributed by atoms with Crippen LogP contribution in [0.5, 0.6) is 0 Å². The summed E-state index contributed by atoms with van der Waals surface area (Å²) in [5.74, 6) is -0.586. The Hall–Kier alpha value is -3.32. The minimum Gasteiger partial charge on any atom is -0.456 e. The summed E-state index contributed by atoms with van der Waals surface area (Å²) in [6.45, 7) is 0.0450. The van der Waals surface area contributed by atoms with Crippen LogP contribution in [0.15, 0.2) is 66.1 Å². The number of esters is 1. The van der Waals surface area contributed by atoms with Crippen LogP contribution in [0.25, 0.3) is 16.6 Å². The Balaban J connectivity index is 1.60. The molecule has 0 saturated carbocycles. The molecular formula is C19H14N2O4S. The summed E-state index contributed by atoms with van der Waals surface area (Å²) in [6.07, 6.45) is 2.55. The van der Waals surface area contributed by atoms with Gasteiger partial charge in [-0.15, -0.1) is 11.3 Å². The van der Waals surface area contributed by atoms with E-state index in [0.717, 1.165) is 10.6 Å². The second-order valence-electron chi connectivity index (χ2n) is 5.27. The van der Waals surface area contributed by atoms with Crippen molar-refractivity contribution in [3.63, 3.8) is 0 Å². The van der Waals surface area contributed by atoms with Gasteiger partial charge in [-0.25, -0.2) is 9.78 Å². The number of hydrogen-bond acceptors (Lipinski definition) is 6. The van der Waals surface area contributed by atoms with Crippen molar-refractivity contribution in [3.05, 3.63) is 87.4 Å². The molecule has 1 heterocycles. The first-order valence-electron chi connectivity index (χ1n) is 7.71. The number of para-hydroxylation sites is 1. The molecule has 0 aliphatic heterocycles. The third kappa shape index (κ3) is 4.40. The van der Waals surface area contributed by atoms with Crippen molar-refractivity contribution in [3.8, 4) is 10.6 Å². The molecular weight excluding hydrogens is 352 g/mol. The molecule has 0 radical (unpaired) electrons. The van der Waals surface area contributed by atoms with Gasteiger partial charge < -0.3 is 4.74 Å². The number of hydrogen-bond donors (Lipinski definition) is 0. The van der Waals surface area contributed by atoms with Crippen LogP contribution in [-0.4, -0.2) is 15.9 Å². The molecule has 0 spiro atoms. The maximum absolute atomic E-state index is 11.8. The van der Waals surface area contributed by atoms with Crippen molar-refractivity contribution in [2.24, 2.45) is 0 Å². The number of carbonyl (C=O) groups excluding carboxylic acids is 1. The number of benzene rings is 2. The number of nitro groups is 1. The van der Waals surface area contributed by atoms with Crippen LogP contribution in [-0.2, 0) is 16.1 Å². The molecule has 26 heavy (non-hydrogen) atoms. The Kier molecular flexibility index (Phi) is 5.50. The number of nitro benzene ring substituents is 1. The molecule has 0 aliphatic rings. The van der Waals surface area contributed by atoms with E-state index in [0.29, 0.717) is 11.3 Å². The number of nitrogens with zero attached hydrogens (tertiary/aromatic N) is 2. The molecule has 0 saturated heterocycles. The van der Waals surface area contributed by atoms with E-state index in [9.17, 15) is 14.9 Å². The monoisotopic (exact) mass is 366 g/mol. The van der Waals surface area contributed by atoms with Crippen LogP contribution < -0.4 is 0 Å². The van der Waals surface area contributed by atoms with E-state index in [2.05, 4.69) is 4.98 Å². The van der Waals surface area contributed by atoms with Gasteiger partial charge in [0.15, 0.2) is 0 Å². The number of thiazole rings is 1. The van der Waals surface area contributed by atoms with Crippen molar-refractivity contribution < 1.29 is 14.5 Å². The SMILES string of the molecule is O=C(C=Cc1ccccc1[N+](=O)[O-])OCc1csc(-c2ccccc2)n1. The molecule has 7 heteroatoms. The van der Waals surface area contributed by atoms with Crippen LogP contribution in [0.3, 0.4) is 0 Å². The Morgan fingerprint density at radius 3 is 2.65 bits per heavy atom. The van der Waals surface area contributed by atoms with Crippen LogP contribution in [0, 0.1) is 10.1 Å². The Bertz CT molecular complexity index is 951. The number of rotatable bonds is 6. The van der Waals surface area contributed by atoms with E-state index in [-0.39, 0.29) is 12.3 Å². The number of aromatic nitrogens is 1. The molecule has 0 bridgehead atoms. The van der Waals surface area contributed by atoms with Gasteiger partial charge in [-0.2, -0.15) is 0 Å². The first-order valence-corrected chi connectivity index (χ1v) is 8.59. The van der Waals surface area contributed by atoms with E-state index in [4.69, 9.17) is 4.74 Å². The summed E-state index contributed by atoms with van der Waals surface area (Å²) in [5.41, 5.74) is 1.94. The normalized spacial score (nSPS) is 10.8. The van der Waals surface area contributed by atoms with Gasteiger partial charge in [0, 0.05) is 23.1 Å². The summed E-state index contributed by atoms with van der Waals surface area (Å²) < 4.78 is 5.15. The molecule has 0 atom stereocenters. The summed E-state index contributed by atoms with van der Waals surface area (Å²) in [7, 11) is 0.